The molecular formula is C15H14F4N2. The molecule has 3 N–H and O–H groups in total. The van der Waals surface area contributed by atoms with Crippen molar-refractivity contribution in [2.45, 2.75) is 12.2 Å². The van der Waals surface area contributed by atoms with Crippen molar-refractivity contribution in [1.82, 2.24) is 0 Å². The van der Waals surface area contributed by atoms with Crippen molar-refractivity contribution in [3.8, 4) is 0 Å². The Morgan fingerprint density at radius 1 is 1.05 bits per heavy atom. The summed E-state index contributed by atoms with van der Waals surface area (Å²) in [5.74, 6) is -0.483. The average molecular weight is 298 g/mol. The van der Waals surface area contributed by atoms with E-state index in [1.165, 1.54) is 30.3 Å². The molecule has 1 unspecified atom stereocenters. The molecule has 6 heteroatoms. The van der Waals surface area contributed by atoms with Crippen molar-refractivity contribution in [3.05, 3.63) is 65.5 Å². The van der Waals surface area contributed by atoms with Crippen LogP contribution in [-0.2, 0) is 6.18 Å². The minimum Gasteiger partial charge on any atom is -0.375 e. The van der Waals surface area contributed by atoms with Crippen molar-refractivity contribution in [2.75, 3.05) is 11.9 Å². The van der Waals surface area contributed by atoms with Crippen LogP contribution in [-0.4, -0.2) is 6.54 Å². The number of alkyl halides is 3. The van der Waals surface area contributed by atoms with Gasteiger partial charge >= 0.3 is 6.18 Å². The topological polar surface area (TPSA) is 38.0 Å². The smallest absolute Gasteiger partial charge is 0.375 e. The molecular weight excluding hydrogens is 284 g/mol. The van der Waals surface area contributed by atoms with Crippen LogP contribution in [0.1, 0.15) is 17.2 Å². The molecule has 0 saturated heterocycles. The van der Waals surface area contributed by atoms with Crippen molar-refractivity contribution in [2.24, 2.45) is 5.73 Å². The van der Waals surface area contributed by atoms with Crippen LogP contribution in [0, 0.1) is 5.82 Å². The largest absolute Gasteiger partial charge is 0.416 e. The standard InChI is InChI=1S/C15H14F4N2/c16-12-6-1-2-7-13(12)21-14(9-20)10-4-3-5-11(8-10)15(17,18)19/h1-8,14,21H,9,20H2. The zero-order valence-corrected chi connectivity index (χ0v) is 11.0. The van der Waals surface area contributed by atoms with Gasteiger partial charge in [0.1, 0.15) is 5.82 Å². The molecule has 1 atom stereocenters. The maximum atomic E-state index is 13.6. The summed E-state index contributed by atoms with van der Waals surface area (Å²) in [7, 11) is 0. The third kappa shape index (κ3) is 3.72. The molecule has 0 saturated carbocycles. The van der Waals surface area contributed by atoms with Gasteiger partial charge in [0.2, 0.25) is 0 Å². The Labute approximate surface area is 119 Å². The van der Waals surface area contributed by atoms with Crippen LogP contribution >= 0.6 is 0 Å². The second-order valence-electron chi connectivity index (χ2n) is 4.54. The van der Waals surface area contributed by atoms with Gasteiger partial charge in [-0.15, -0.1) is 0 Å². The van der Waals surface area contributed by atoms with Crippen molar-refractivity contribution in [3.63, 3.8) is 0 Å². The first-order valence-corrected chi connectivity index (χ1v) is 6.30. The summed E-state index contributed by atoms with van der Waals surface area (Å²) in [6, 6.07) is 10.2. The third-order valence-electron chi connectivity index (χ3n) is 3.06. The average Bonchev–Trinajstić information content (AvgIpc) is 2.46. The van der Waals surface area contributed by atoms with E-state index < -0.39 is 23.6 Å². The lowest BCUT2D eigenvalue weighted by molar-refractivity contribution is -0.137. The van der Waals surface area contributed by atoms with Crippen LogP contribution in [0.5, 0.6) is 0 Å². The van der Waals surface area contributed by atoms with Crippen LogP contribution in [0.4, 0.5) is 23.2 Å². The maximum absolute atomic E-state index is 13.6. The molecule has 2 nitrogen and oxygen atoms in total. The first-order valence-electron chi connectivity index (χ1n) is 6.30. The van der Waals surface area contributed by atoms with Gasteiger partial charge in [-0.3, -0.25) is 0 Å². The fraction of sp³-hybridized carbons (Fsp3) is 0.200. The second-order valence-corrected chi connectivity index (χ2v) is 4.54. The summed E-state index contributed by atoms with van der Waals surface area (Å²) in [6.45, 7) is 0.0373. The predicted molar refractivity (Wildman–Crippen MR) is 73.3 cm³/mol. The summed E-state index contributed by atoms with van der Waals surface area (Å²) in [4.78, 5) is 0. The quantitative estimate of drug-likeness (QED) is 0.839. The molecule has 0 radical (unpaired) electrons. The highest BCUT2D eigenvalue weighted by Gasteiger charge is 2.30. The highest BCUT2D eigenvalue weighted by Crippen LogP contribution is 2.31. The highest BCUT2D eigenvalue weighted by molar-refractivity contribution is 5.47. The van der Waals surface area contributed by atoms with E-state index in [2.05, 4.69) is 5.32 Å². The molecule has 21 heavy (non-hydrogen) atoms. The minimum absolute atomic E-state index is 0.0373. The summed E-state index contributed by atoms with van der Waals surface area (Å²) < 4.78 is 51.7. The second kappa shape index (κ2) is 6.13. The lowest BCUT2D eigenvalue weighted by Gasteiger charge is -2.20. The third-order valence-corrected chi connectivity index (χ3v) is 3.06. The Balaban J connectivity index is 2.28. The number of rotatable bonds is 4. The molecule has 0 heterocycles. The van der Waals surface area contributed by atoms with Gasteiger partial charge in [0.15, 0.2) is 0 Å². The van der Waals surface area contributed by atoms with E-state index in [9.17, 15) is 17.6 Å². The summed E-state index contributed by atoms with van der Waals surface area (Å²) >= 11 is 0. The first kappa shape index (κ1) is 15.3. The molecule has 0 fully saturated rings. The summed E-state index contributed by atoms with van der Waals surface area (Å²) in [5.41, 5.74) is 5.40. The predicted octanol–water partition coefficient (Wildman–Crippen LogP) is 3.96. The number of nitrogens with two attached hydrogens (primary N) is 1. The number of nitrogens with one attached hydrogen (secondary N) is 1. The van der Waals surface area contributed by atoms with E-state index in [1.807, 2.05) is 0 Å². The van der Waals surface area contributed by atoms with E-state index in [1.54, 1.807) is 6.07 Å². The van der Waals surface area contributed by atoms with Gasteiger partial charge in [-0.05, 0) is 29.8 Å². The van der Waals surface area contributed by atoms with Crippen molar-refractivity contribution < 1.29 is 17.6 Å². The molecule has 2 aromatic carbocycles. The fourth-order valence-electron chi connectivity index (χ4n) is 1.98. The molecule has 0 aromatic heterocycles. The van der Waals surface area contributed by atoms with E-state index in [0.717, 1.165) is 12.1 Å². The number of halogens is 4. The lowest BCUT2D eigenvalue weighted by Crippen LogP contribution is -2.21. The normalized spacial score (nSPS) is 13.0. The van der Waals surface area contributed by atoms with Crippen LogP contribution in [0.2, 0.25) is 0 Å². The Morgan fingerprint density at radius 3 is 2.38 bits per heavy atom. The van der Waals surface area contributed by atoms with Crippen LogP contribution < -0.4 is 11.1 Å². The molecule has 0 spiro atoms. The van der Waals surface area contributed by atoms with E-state index in [0.29, 0.717) is 5.56 Å². The molecule has 2 rings (SSSR count). The van der Waals surface area contributed by atoms with Gasteiger partial charge in [-0.25, -0.2) is 4.39 Å². The molecule has 0 aliphatic heterocycles. The van der Waals surface area contributed by atoms with Crippen LogP contribution in [0.15, 0.2) is 48.5 Å². The van der Waals surface area contributed by atoms with Gasteiger partial charge in [0.05, 0.1) is 17.3 Å². The molecule has 0 amide bonds. The SMILES string of the molecule is NCC(Nc1ccccc1F)c1cccc(C(F)(F)F)c1. The monoisotopic (exact) mass is 298 g/mol. The van der Waals surface area contributed by atoms with Crippen LogP contribution in [0.25, 0.3) is 0 Å². The molecule has 0 aliphatic rings. The number of benzene rings is 2. The summed E-state index contributed by atoms with van der Waals surface area (Å²) in [6.07, 6.45) is -4.42. The number of para-hydroxylation sites is 1. The fourth-order valence-corrected chi connectivity index (χ4v) is 1.98. The summed E-state index contributed by atoms with van der Waals surface area (Å²) in [5, 5.41) is 2.82. The lowest BCUT2D eigenvalue weighted by atomic mass is 10.0. The van der Waals surface area contributed by atoms with Gasteiger partial charge in [-0.1, -0.05) is 24.3 Å². The Kier molecular flexibility index (Phi) is 4.47. The van der Waals surface area contributed by atoms with Gasteiger partial charge in [0.25, 0.3) is 0 Å². The Hall–Kier alpha value is -2.08. The van der Waals surface area contributed by atoms with Gasteiger partial charge in [0, 0.05) is 6.54 Å². The van der Waals surface area contributed by atoms with Crippen LogP contribution in [0.3, 0.4) is 0 Å². The van der Waals surface area contributed by atoms with Crippen molar-refractivity contribution in [1.29, 1.82) is 0 Å². The van der Waals surface area contributed by atoms with Gasteiger partial charge < -0.3 is 11.1 Å². The molecule has 0 bridgehead atoms. The maximum Gasteiger partial charge on any atom is 0.416 e. The number of hydrogen-bond donors (Lipinski definition) is 2. The zero-order valence-electron chi connectivity index (χ0n) is 11.0. The Morgan fingerprint density at radius 2 is 1.76 bits per heavy atom. The zero-order chi connectivity index (χ0) is 15.5. The molecule has 0 aliphatic carbocycles. The van der Waals surface area contributed by atoms with Gasteiger partial charge in [-0.2, -0.15) is 13.2 Å². The minimum atomic E-state index is -4.42. The highest BCUT2D eigenvalue weighted by atomic mass is 19.4. The number of anilines is 1. The van der Waals surface area contributed by atoms with E-state index in [-0.39, 0.29) is 12.2 Å². The number of hydrogen-bond acceptors (Lipinski definition) is 2. The molecule has 2 aromatic rings. The van der Waals surface area contributed by atoms with Crippen molar-refractivity contribution >= 4 is 5.69 Å². The first-order chi connectivity index (χ1) is 9.91. The molecule has 112 valence electrons. The van der Waals surface area contributed by atoms with E-state index in [4.69, 9.17) is 5.73 Å². The van der Waals surface area contributed by atoms with E-state index >= 15 is 0 Å². The Bertz CT molecular complexity index is 611.